The van der Waals surface area contributed by atoms with Crippen molar-refractivity contribution in [2.75, 3.05) is 32.1 Å². The van der Waals surface area contributed by atoms with Gasteiger partial charge in [0.1, 0.15) is 0 Å². The molecule has 0 spiro atoms. The lowest BCUT2D eigenvalue weighted by molar-refractivity contribution is -0.117. The fourth-order valence-corrected chi connectivity index (χ4v) is 2.83. The summed E-state index contributed by atoms with van der Waals surface area (Å²) in [6.45, 7) is 0.814. The Morgan fingerprint density at radius 2 is 1.95 bits per heavy atom. The van der Waals surface area contributed by atoms with Crippen LogP contribution in [-0.2, 0) is 15.0 Å². The normalized spacial score (nSPS) is 19.9. The third-order valence-corrected chi connectivity index (χ3v) is 4.80. The molecule has 0 saturated carbocycles. The van der Waals surface area contributed by atoms with Gasteiger partial charge in [0.2, 0.25) is 5.91 Å². The maximum Gasteiger partial charge on any atom is 0.278 e. The molecule has 1 saturated heterocycles. The van der Waals surface area contributed by atoms with Crippen LogP contribution in [0.3, 0.4) is 0 Å². The van der Waals surface area contributed by atoms with E-state index < -0.39 is 10.2 Å². The molecule has 110 valence electrons. The minimum atomic E-state index is -3.43. The summed E-state index contributed by atoms with van der Waals surface area (Å²) >= 11 is 0. The van der Waals surface area contributed by atoms with Crippen molar-refractivity contribution in [1.29, 1.82) is 0 Å². The summed E-state index contributed by atoms with van der Waals surface area (Å²) in [5.41, 5.74) is 0.857. The second-order valence-corrected chi connectivity index (χ2v) is 7.02. The number of anilines is 1. The molecule has 1 aromatic carbocycles. The number of carbonyl (C=O) groups excluding carboxylic acids is 1. The molecule has 20 heavy (non-hydrogen) atoms. The fourth-order valence-electron chi connectivity index (χ4n) is 2.13. The second-order valence-electron chi connectivity index (χ2n) is 5.05. The molecule has 1 amide bonds. The maximum atomic E-state index is 12.0. The highest BCUT2D eigenvalue weighted by Crippen LogP contribution is 2.24. The largest absolute Gasteiger partial charge is 0.312 e. The lowest BCUT2D eigenvalue weighted by atomic mass is 10.1. The van der Waals surface area contributed by atoms with Gasteiger partial charge in [-0.05, 0) is 18.1 Å². The van der Waals surface area contributed by atoms with E-state index in [-0.39, 0.29) is 18.4 Å². The average Bonchev–Trinajstić information content (AvgIpc) is 2.79. The molecular weight excluding hydrogens is 278 g/mol. The van der Waals surface area contributed by atoms with Gasteiger partial charge in [-0.1, -0.05) is 18.2 Å². The molecule has 0 aliphatic carbocycles. The molecule has 2 rings (SSSR count). The van der Waals surface area contributed by atoms with E-state index in [0.29, 0.717) is 13.0 Å². The van der Waals surface area contributed by atoms with Crippen molar-refractivity contribution in [3.63, 3.8) is 0 Å². The quantitative estimate of drug-likeness (QED) is 0.857. The van der Waals surface area contributed by atoms with E-state index in [0.717, 1.165) is 9.99 Å². The van der Waals surface area contributed by atoms with Gasteiger partial charge in [0.25, 0.3) is 10.2 Å². The topological polar surface area (TPSA) is 69.7 Å². The zero-order valence-corrected chi connectivity index (χ0v) is 12.4. The first kappa shape index (κ1) is 15.0. The van der Waals surface area contributed by atoms with Gasteiger partial charge in [-0.25, -0.2) is 4.72 Å². The van der Waals surface area contributed by atoms with Crippen LogP contribution < -0.4 is 9.62 Å². The monoisotopic (exact) mass is 297 g/mol. The van der Waals surface area contributed by atoms with E-state index in [1.807, 2.05) is 30.3 Å². The Balaban J connectivity index is 1.97. The van der Waals surface area contributed by atoms with Gasteiger partial charge in [-0.2, -0.15) is 12.7 Å². The molecule has 0 aromatic heterocycles. The molecule has 0 unspecified atom stereocenters. The zero-order valence-electron chi connectivity index (χ0n) is 11.6. The van der Waals surface area contributed by atoms with Crippen LogP contribution in [-0.4, -0.2) is 45.8 Å². The van der Waals surface area contributed by atoms with Crippen LogP contribution >= 0.6 is 0 Å². The van der Waals surface area contributed by atoms with Crippen LogP contribution in [0.15, 0.2) is 30.3 Å². The van der Waals surface area contributed by atoms with Crippen molar-refractivity contribution in [2.45, 2.75) is 6.42 Å². The SMILES string of the molecule is CN(C)S(=O)(=O)NC[C@@H]1CC(=O)N(c2ccccc2)C1. The van der Waals surface area contributed by atoms with E-state index in [1.165, 1.54) is 14.1 Å². The Kier molecular flexibility index (Phi) is 4.42. The molecule has 1 heterocycles. The summed E-state index contributed by atoms with van der Waals surface area (Å²) in [5.74, 6) is 0.0303. The smallest absolute Gasteiger partial charge is 0.278 e. The first-order chi connectivity index (χ1) is 9.40. The summed E-state index contributed by atoms with van der Waals surface area (Å²) in [5, 5.41) is 0. The molecule has 1 aliphatic heterocycles. The van der Waals surface area contributed by atoms with Gasteiger partial charge >= 0.3 is 0 Å². The highest BCUT2D eigenvalue weighted by molar-refractivity contribution is 7.87. The second kappa shape index (κ2) is 5.90. The maximum absolute atomic E-state index is 12.0. The molecule has 1 atom stereocenters. The summed E-state index contributed by atoms with van der Waals surface area (Å²) in [6.07, 6.45) is 0.366. The van der Waals surface area contributed by atoms with Gasteiger partial charge < -0.3 is 4.90 Å². The summed E-state index contributed by atoms with van der Waals surface area (Å²) in [6, 6.07) is 9.41. The van der Waals surface area contributed by atoms with Crippen LogP contribution in [0.5, 0.6) is 0 Å². The zero-order chi connectivity index (χ0) is 14.8. The summed E-state index contributed by atoms with van der Waals surface area (Å²) in [4.78, 5) is 13.7. The van der Waals surface area contributed by atoms with E-state index in [1.54, 1.807) is 4.90 Å². The van der Waals surface area contributed by atoms with Crippen molar-refractivity contribution < 1.29 is 13.2 Å². The van der Waals surface area contributed by atoms with Crippen LogP contribution in [0.1, 0.15) is 6.42 Å². The number of benzene rings is 1. The molecule has 1 fully saturated rings. The molecule has 0 radical (unpaired) electrons. The number of hydrogen-bond donors (Lipinski definition) is 1. The third kappa shape index (κ3) is 3.36. The number of hydrogen-bond acceptors (Lipinski definition) is 3. The molecule has 7 heteroatoms. The minimum absolute atomic E-state index is 0.00238. The van der Waals surface area contributed by atoms with Gasteiger partial charge in [-0.3, -0.25) is 4.79 Å². The van der Waals surface area contributed by atoms with Crippen molar-refractivity contribution in [3.8, 4) is 0 Å². The van der Waals surface area contributed by atoms with Gasteiger partial charge in [0.15, 0.2) is 0 Å². The van der Waals surface area contributed by atoms with Crippen molar-refractivity contribution in [2.24, 2.45) is 5.92 Å². The highest BCUT2D eigenvalue weighted by atomic mass is 32.2. The van der Waals surface area contributed by atoms with Gasteiger partial charge in [0, 0.05) is 39.3 Å². The van der Waals surface area contributed by atoms with E-state index in [2.05, 4.69) is 4.72 Å². The molecule has 6 nitrogen and oxygen atoms in total. The third-order valence-electron chi connectivity index (χ3n) is 3.31. The van der Waals surface area contributed by atoms with E-state index in [4.69, 9.17) is 0 Å². The molecule has 0 bridgehead atoms. The Morgan fingerprint density at radius 1 is 1.30 bits per heavy atom. The van der Waals surface area contributed by atoms with Crippen LogP contribution in [0.2, 0.25) is 0 Å². The Labute approximate surface area is 119 Å². The molecular formula is C13H19N3O3S. The Bertz CT molecular complexity index is 572. The predicted octanol–water partition coefficient (Wildman–Crippen LogP) is 0.436. The Morgan fingerprint density at radius 3 is 2.55 bits per heavy atom. The minimum Gasteiger partial charge on any atom is -0.312 e. The number of para-hydroxylation sites is 1. The van der Waals surface area contributed by atoms with E-state index >= 15 is 0 Å². The van der Waals surface area contributed by atoms with Crippen LogP contribution in [0, 0.1) is 5.92 Å². The molecule has 1 aliphatic rings. The van der Waals surface area contributed by atoms with E-state index in [9.17, 15) is 13.2 Å². The van der Waals surface area contributed by atoms with Crippen LogP contribution in [0.25, 0.3) is 0 Å². The van der Waals surface area contributed by atoms with Crippen LogP contribution in [0.4, 0.5) is 5.69 Å². The fraction of sp³-hybridized carbons (Fsp3) is 0.462. The number of nitrogens with zero attached hydrogens (tertiary/aromatic N) is 2. The molecule has 1 N–H and O–H groups in total. The van der Waals surface area contributed by atoms with Gasteiger partial charge in [0.05, 0.1) is 0 Å². The standard InChI is InChI=1S/C13H19N3O3S/c1-15(2)20(18,19)14-9-11-8-13(17)16(10-11)12-6-4-3-5-7-12/h3-7,11,14H,8-10H2,1-2H3/t11-/m0/s1. The lowest BCUT2D eigenvalue weighted by Gasteiger charge is -2.17. The highest BCUT2D eigenvalue weighted by Gasteiger charge is 2.31. The number of carbonyl (C=O) groups is 1. The number of rotatable bonds is 5. The average molecular weight is 297 g/mol. The summed E-state index contributed by atoms with van der Waals surface area (Å²) in [7, 11) is -0.490. The first-order valence-corrected chi connectivity index (χ1v) is 7.86. The van der Waals surface area contributed by atoms with Crippen molar-refractivity contribution >= 4 is 21.8 Å². The summed E-state index contributed by atoms with van der Waals surface area (Å²) < 4.78 is 26.9. The molecule has 1 aromatic rings. The number of nitrogens with one attached hydrogen (secondary N) is 1. The van der Waals surface area contributed by atoms with Crippen molar-refractivity contribution in [1.82, 2.24) is 9.03 Å². The van der Waals surface area contributed by atoms with Crippen molar-refractivity contribution in [3.05, 3.63) is 30.3 Å². The predicted molar refractivity (Wildman–Crippen MR) is 77.5 cm³/mol. The first-order valence-electron chi connectivity index (χ1n) is 6.42. The Hall–Kier alpha value is -1.44. The number of amides is 1. The lowest BCUT2D eigenvalue weighted by Crippen LogP contribution is -2.38. The van der Waals surface area contributed by atoms with Gasteiger partial charge in [-0.15, -0.1) is 0 Å².